The lowest BCUT2D eigenvalue weighted by Gasteiger charge is -2.27. The summed E-state index contributed by atoms with van der Waals surface area (Å²) in [6.45, 7) is 3.78. The molecule has 0 spiro atoms. The number of carboxylic acid groups (broad SMARTS) is 2. The molecule has 3 amide bonds. The molecule has 1 aromatic heterocycles. The van der Waals surface area contributed by atoms with Crippen LogP contribution >= 0.6 is 0 Å². The van der Waals surface area contributed by atoms with E-state index in [9.17, 15) is 29.1 Å². The molecule has 0 radical (unpaired) electrons. The molecule has 4 unspecified atom stereocenters. The predicted molar refractivity (Wildman–Crippen MR) is 148 cm³/mol. The van der Waals surface area contributed by atoms with Gasteiger partial charge in [-0.3, -0.25) is 19.2 Å². The van der Waals surface area contributed by atoms with Crippen molar-refractivity contribution < 1.29 is 34.2 Å². The number of para-hydroxylation sites is 1. The zero-order valence-corrected chi connectivity index (χ0v) is 22.8. The second-order valence-electron chi connectivity index (χ2n) is 10.1. The zero-order valence-electron chi connectivity index (χ0n) is 22.8. The SMILES string of the molecule is CC(C)C(NC(=O)C(N)CCC(=O)O)C(=O)NC(Cc1c[nH]c2ccccc12)C(=O)NC(CCCCN)C(=O)O. The number of unbranched alkanes of at least 4 members (excludes halogenated alkanes) is 1. The minimum Gasteiger partial charge on any atom is -0.481 e. The van der Waals surface area contributed by atoms with Crippen molar-refractivity contribution >= 4 is 40.6 Å². The van der Waals surface area contributed by atoms with E-state index in [1.54, 1.807) is 20.0 Å². The maximum Gasteiger partial charge on any atom is 0.326 e. The molecule has 10 N–H and O–H groups in total. The molecule has 13 nitrogen and oxygen atoms in total. The normalized spacial score (nSPS) is 14.2. The molecule has 0 bridgehead atoms. The Hall–Kier alpha value is -3.97. The van der Waals surface area contributed by atoms with Gasteiger partial charge in [-0.1, -0.05) is 32.0 Å². The van der Waals surface area contributed by atoms with Gasteiger partial charge in [0.15, 0.2) is 0 Å². The van der Waals surface area contributed by atoms with Gasteiger partial charge in [0.1, 0.15) is 18.1 Å². The highest BCUT2D eigenvalue weighted by Gasteiger charge is 2.32. The number of nitrogens with two attached hydrogens (primary N) is 2. The number of hydrogen-bond acceptors (Lipinski definition) is 7. The van der Waals surface area contributed by atoms with Crippen LogP contribution < -0.4 is 27.4 Å². The standard InChI is InChI=1S/C27H40N6O7/c1-15(2)23(33-24(36)18(29)10-11-22(34)35)26(38)32-21(13-16-14-30-19-8-4-3-7-17(16)19)25(37)31-20(27(39)40)9-5-6-12-28/h3-4,7-8,14-15,18,20-21,23,30H,5-6,9-13,28-29H2,1-2H3,(H,31,37)(H,32,38)(H,33,36)(H,34,35)(H,39,40). The summed E-state index contributed by atoms with van der Waals surface area (Å²) in [5.41, 5.74) is 12.9. The number of H-pyrrole nitrogens is 1. The maximum absolute atomic E-state index is 13.4. The van der Waals surface area contributed by atoms with Gasteiger partial charge >= 0.3 is 11.9 Å². The molecule has 0 aliphatic heterocycles. The van der Waals surface area contributed by atoms with Crippen LogP contribution in [0.25, 0.3) is 10.9 Å². The van der Waals surface area contributed by atoms with E-state index < -0.39 is 59.7 Å². The molecule has 2 rings (SSSR count). The molecule has 0 aliphatic rings. The number of aromatic nitrogens is 1. The highest BCUT2D eigenvalue weighted by molar-refractivity contribution is 5.95. The van der Waals surface area contributed by atoms with Crippen molar-refractivity contribution in [3.8, 4) is 0 Å². The van der Waals surface area contributed by atoms with E-state index in [0.29, 0.717) is 19.4 Å². The number of carboxylic acids is 2. The highest BCUT2D eigenvalue weighted by atomic mass is 16.4. The first kappa shape index (κ1) is 32.2. The average molecular weight is 561 g/mol. The molecule has 0 saturated carbocycles. The van der Waals surface area contributed by atoms with Crippen LogP contribution in [0.15, 0.2) is 30.5 Å². The summed E-state index contributed by atoms with van der Waals surface area (Å²) < 4.78 is 0. The third kappa shape index (κ3) is 9.65. The number of hydrogen-bond donors (Lipinski definition) is 8. The van der Waals surface area contributed by atoms with Gasteiger partial charge in [-0.05, 0) is 49.8 Å². The molecule has 0 aliphatic carbocycles. The van der Waals surface area contributed by atoms with Crippen LogP contribution in [0.3, 0.4) is 0 Å². The molecule has 13 heteroatoms. The molecule has 40 heavy (non-hydrogen) atoms. The molecule has 0 fully saturated rings. The lowest BCUT2D eigenvalue weighted by molar-refractivity contribution is -0.142. The Kier molecular flexibility index (Phi) is 12.6. The second kappa shape index (κ2) is 15.6. The molecule has 0 saturated heterocycles. The van der Waals surface area contributed by atoms with Crippen molar-refractivity contribution in [3.63, 3.8) is 0 Å². The third-order valence-corrected chi connectivity index (χ3v) is 6.55. The number of carbonyl (C=O) groups excluding carboxylic acids is 3. The first-order chi connectivity index (χ1) is 18.9. The highest BCUT2D eigenvalue weighted by Crippen LogP contribution is 2.19. The van der Waals surface area contributed by atoms with Gasteiger partial charge < -0.3 is 42.6 Å². The van der Waals surface area contributed by atoms with Crippen LogP contribution in [0.1, 0.15) is 51.5 Å². The van der Waals surface area contributed by atoms with E-state index in [-0.39, 0.29) is 25.7 Å². The van der Waals surface area contributed by atoms with E-state index in [2.05, 4.69) is 20.9 Å². The number of nitrogens with one attached hydrogen (secondary N) is 4. The lowest BCUT2D eigenvalue weighted by atomic mass is 9.99. The Morgan fingerprint density at radius 3 is 2.20 bits per heavy atom. The summed E-state index contributed by atoms with van der Waals surface area (Å²) in [7, 11) is 0. The number of carbonyl (C=O) groups is 5. The molecular weight excluding hydrogens is 520 g/mol. The third-order valence-electron chi connectivity index (χ3n) is 6.55. The van der Waals surface area contributed by atoms with Crippen molar-refractivity contribution in [2.75, 3.05) is 6.54 Å². The summed E-state index contributed by atoms with van der Waals surface area (Å²) in [4.78, 5) is 65.1. The molecular formula is C27H40N6O7. The molecule has 220 valence electrons. The van der Waals surface area contributed by atoms with E-state index in [1.165, 1.54) is 0 Å². The van der Waals surface area contributed by atoms with Crippen LogP contribution in [0.4, 0.5) is 0 Å². The summed E-state index contributed by atoms with van der Waals surface area (Å²) in [5.74, 6) is -4.76. The average Bonchev–Trinajstić information content (AvgIpc) is 3.31. The van der Waals surface area contributed by atoms with Gasteiger partial charge in [-0.15, -0.1) is 0 Å². The number of benzene rings is 1. The fraction of sp³-hybridized carbons (Fsp3) is 0.519. The fourth-order valence-corrected chi connectivity index (χ4v) is 4.22. The van der Waals surface area contributed by atoms with Gasteiger partial charge in [0.25, 0.3) is 0 Å². The Labute approximate surface area is 232 Å². The topological polar surface area (TPSA) is 230 Å². The fourth-order valence-electron chi connectivity index (χ4n) is 4.22. The predicted octanol–water partition coefficient (Wildman–Crippen LogP) is 0.227. The van der Waals surface area contributed by atoms with Gasteiger partial charge in [-0.2, -0.15) is 0 Å². The molecule has 4 atom stereocenters. The van der Waals surface area contributed by atoms with Crippen LogP contribution in [0.5, 0.6) is 0 Å². The van der Waals surface area contributed by atoms with Crippen molar-refractivity contribution in [1.29, 1.82) is 0 Å². The van der Waals surface area contributed by atoms with E-state index in [0.717, 1.165) is 16.5 Å². The number of rotatable bonds is 17. The summed E-state index contributed by atoms with van der Waals surface area (Å²) >= 11 is 0. The maximum atomic E-state index is 13.4. The van der Waals surface area contributed by atoms with E-state index >= 15 is 0 Å². The Morgan fingerprint density at radius 1 is 0.900 bits per heavy atom. The van der Waals surface area contributed by atoms with Crippen LogP contribution in [0, 0.1) is 5.92 Å². The van der Waals surface area contributed by atoms with Crippen LogP contribution in [-0.4, -0.2) is 75.6 Å². The Balaban J connectivity index is 2.26. The lowest BCUT2D eigenvalue weighted by Crippen LogP contribution is -2.58. The van der Waals surface area contributed by atoms with Gasteiger partial charge in [-0.25, -0.2) is 4.79 Å². The quantitative estimate of drug-likeness (QED) is 0.124. The molecule has 1 aromatic carbocycles. The number of aliphatic carboxylic acids is 2. The summed E-state index contributed by atoms with van der Waals surface area (Å²) in [6.07, 6.45) is 2.61. The zero-order chi connectivity index (χ0) is 29.8. The molecule has 1 heterocycles. The van der Waals surface area contributed by atoms with Gasteiger partial charge in [0.2, 0.25) is 17.7 Å². The van der Waals surface area contributed by atoms with E-state index in [4.69, 9.17) is 16.6 Å². The number of aromatic amines is 1. The first-order valence-electron chi connectivity index (χ1n) is 13.3. The minimum absolute atomic E-state index is 0.0492. The number of fused-ring (bicyclic) bond motifs is 1. The second-order valence-corrected chi connectivity index (χ2v) is 10.1. The smallest absolute Gasteiger partial charge is 0.326 e. The van der Waals surface area contributed by atoms with Gasteiger partial charge in [0, 0.05) is 29.9 Å². The van der Waals surface area contributed by atoms with Crippen molar-refractivity contribution in [2.24, 2.45) is 17.4 Å². The monoisotopic (exact) mass is 560 g/mol. The van der Waals surface area contributed by atoms with Crippen molar-refractivity contribution in [1.82, 2.24) is 20.9 Å². The Bertz CT molecular complexity index is 1180. The minimum atomic E-state index is -1.20. The largest absolute Gasteiger partial charge is 0.481 e. The summed E-state index contributed by atoms with van der Waals surface area (Å²) in [6, 6.07) is 2.86. The summed E-state index contributed by atoms with van der Waals surface area (Å²) in [5, 5.41) is 27.1. The Morgan fingerprint density at radius 2 is 1.57 bits per heavy atom. The van der Waals surface area contributed by atoms with Crippen molar-refractivity contribution in [3.05, 3.63) is 36.0 Å². The molecule has 2 aromatic rings. The first-order valence-corrected chi connectivity index (χ1v) is 13.3. The number of amides is 3. The van der Waals surface area contributed by atoms with Crippen LogP contribution in [-0.2, 0) is 30.4 Å². The van der Waals surface area contributed by atoms with Crippen LogP contribution in [0.2, 0.25) is 0 Å². The van der Waals surface area contributed by atoms with Gasteiger partial charge in [0.05, 0.1) is 6.04 Å². The van der Waals surface area contributed by atoms with E-state index in [1.807, 2.05) is 24.3 Å². The van der Waals surface area contributed by atoms with Crippen molar-refractivity contribution in [2.45, 2.75) is 76.5 Å².